The summed E-state index contributed by atoms with van der Waals surface area (Å²) in [6.07, 6.45) is 11.9. The van der Waals surface area contributed by atoms with Crippen molar-refractivity contribution in [1.29, 1.82) is 0 Å². The summed E-state index contributed by atoms with van der Waals surface area (Å²) in [5.74, 6) is 1.08. The van der Waals surface area contributed by atoms with Gasteiger partial charge in [-0.05, 0) is 31.6 Å². The van der Waals surface area contributed by atoms with Gasteiger partial charge >= 0.3 is 0 Å². The molecule has 0 radical (unpaired) electrons. The molecule has 2 unspecified atom stereocenters. The zero-order valence-corrected chi connectivity index (χ0v) is 11.6. The third-order valence-corrected chi connectivity index (χ3v) is 3.82. The van der Waals surface area contributed by atoms with Crippen LogP contribution >= 0.6 is 0 Å². The molecule has 0 heterocycles. The smallest absolute Gasteiger partial charge is 0.220 e. The summed E-state index contributed by atoms with van der Waals surface area (Å²) in [4.78, 5) is 11.7. The van der Waals surface area contributed by atoms with Crippen molar-refractivity contribution in [2.45, 2.75) is 84.1 Å². The third kappa shape index (κ3) is 6.70. The molecule has 1 rings (SSSR count). The number of unbranched alkanes of at least 4 members (excludes halogenated alkanes) is 5. The van der Waals surface area contributed by atoms with Crippen LogP contribution in [0.15, 0.2) is 0 Å². The van der Waals surface area contributed by atoms with E-state index in [1.807, 2.05) is 0 Å². The molecular formula is C15H29NO. The summed E-state index contributed by atoms with van der Waals surface area (Å²) in [5.41, 5.74) is 0. The van der Waals surface area contributed by atoms with Crippen LogP contribution in [0.1, 0.15) is 78.1 Å². The SMILES string of the molecule is CCCCCCCCC(=O)NC1CCC(C)C1. The van der Waals surface area contributed by atoms with Gasteiger partial charge in [-0.1, -0.05) is 46.0 Å². The molecule has 1 aliphatic carbocycles. The molecule has 2 heteroatoms. The average molecular weight is 239 g/mol. The Kier molecular flexibility index (Phi) is 7.30. The van der Waals surface area contributed by atoms with Crippen molar-refractivity contribution in [3.8, 4) is 0 Å². The molecule has 0 aromatic rings. The zero-order chi connectivity index (χ0) is 12.5. The molecule has 1 N–H and O–H groups in total. The van der Waals surface area contributed by atoms with Crippen LogP contribution in [0.4, 0.5) is 0 Å². The van der Waals surface area contributed by atoms with Crippen LogP contribution in [-0.4, -0.2) is 11.9 Å². The Morgan fingerprint density at radius 3 is 2.47 bits per heavy atom. The molecule has 0 aliphatic heterocycles. The van der Waals surface area contributed by atoms with Gasteiger partial charge in [0.2, 0.25) is 5.91 Å². The minimum atomic E-state index is 0.277. The highest BCUT2D eigenvalue weighted by molar-refractivity contribution is 5.76. The van der Waals surface area contributed by atoms with E-state index >= 15 is 0 Å². The van der Waals surface area contributed by atoms with E-state index in [9.17, 15) is 4.79 Å². The van der Waals surface area contributed by atoms with Crippen molar-refractivity contribution in [3.63, 3.8) is 0 Å². The Bertz CT molecular complexity index is 215. The van der Waals surface area contributed by atoms with Crippen LogP contribution in [0, 0.1) is 5.92 Å². The number of nitrogens with one attached hydrogen (secondary N) is 1. The van der Waals surface area contributed by atoms with Crippen molar-refractivity contribution < 1.29 is 4.79 Å². The molecule has 1 fully saturated rings. The highest BCUT2D eigenvalue weighted by Crippen LogP contribution is 2.24. The van der Waals surface area contributed by atoms with E-state index in [2.05, 4.69) is 19.2 Å². The second-order valence-electron chi connectivity index (χ2n) is 5.70. The summed E-state index contributed by atoms with van der Waals surface area (Å²) in [6.45, 7) is 4.51. The first kappa shape index (κ1) is 14.5. The Hall–Kier alpha value is -0.530. The molecule has 100 valence electrons. The number of hydrogen-bond acceptors (Lipinski definition) is 1. The second kappa shape index (κ2) is 8.54. The van der Waals surface area contributed by atoms with Gasteiger partial charge in [-0.3, -0.25) is 4.79 Å². The van der Waals surface area contributed by atoms with Crippen LogP contribution < -0.4 is 5.32 Å². The molecule has 0 aromatic carbocycles. The first-order chi connectivity index (χ1) is 8.22. The molecule has 1 aliphatic rings. The van der Waals surface area contributed by atoms with Crippen LogP contribution in [0.3, 0.4) is 0 Å². The second-order valence-corrected chi connectivity index (χ2v) is 5.70. The number of hydrogen-bond donors (Lipinski definition) is 1. The fraction of sp³-hybridized carbons (Fsp3) is 0.933. The van der Waals surface area contributed by atoms with Crippen molar-refractivity contribution in [1.82, 2.24) is 5.32 Å². The minimum absolute atomic E-state index is 0.277. The molecule has 0 saturated heterocycles. The van der Waals surface area contributed by atoms with E-state index in [1.165, 1.54) is 51.4 Å². The van der Waals surface area contributed by atoms with Crippen LogP contribution in [0.5, 0.6) is 0 Å². The summed E-state index contributed by atoms with van der Waals surface area (Å²) in [6, 6.07) is 0.470. The number of amides is 1. The first-order valence-corrected chi connectivity index (χ1v) is 7.51. The molecule has 1 amide bonds. The lowest BCUT2D eigenvalue weighted by atomic mass is 10.1. The summed E-state index contributed by atoms with van der Waals surface area (Å²) < 4.78 is 0. The molecule has 0 spiro atoms. The molecule has 2 atom stereocenters. The van der Waals surface area contributed by atoms with Gasteiger partial charge < -0.3 is 5.32 Å². The predicted octanol–water partition coefficient (Wildman–Crippen LogP) is 4.04. The Morgan fingerprint density at radius 2 is 1.82 bits per heavy atom. The Morgan fingerprint density at radius 1 is 1.12 bits per heavy atom. The molecule has 0 bridgehead atoms. The Labute approximate surface area is 107 Å². The van der Waals surface area contributed by atoms with Gasteiger partial charge in [0.05, 0.1) is 0 Å². The number of carbonyl (C=O) groups excluding carboxylic acids is 1. The lowest BCUT2D eigenvalue weighted by molar-refractivity contribution is -0.121. The lowest BCUT2D eigenvalue weighted by Crippen LogP contribution is -2.32. The van der Waals surface area contributed by atoms with Crippen molar-refractivity contribution in [3.05, 3.63) is 0 Å². The maximum absolute atomic E-state index is 11.7. The van der Waals surface area contributed by atoms with E-state index in [0.29, 0.717) is 6.04 Å². The van der Waals surface area contributed by atoms with Crippen molar-refractivity contribution in [2.24, 2.45) is 5.92 Å². The molecule has 1 saturated carbocycles. The van der Waals surface area contributed by atoms with E-state index in [4.69, 9.17) is 0 Å². The maximum Gasteiger partial charge on any atom is 0.220 e. The highest BCUT2D eigenvalue weighted by atomic mass is 16.1. The topological polar surface area (TPSA) is 29.1 Å². The van der Waals surface area contributed by atoms with Crippen LogP contribution in [-0.2, 0) is 4.79 Å². The molecular weight excluding hydrogens is 210 g/mol. The predicted molar refractivity (Wildman–Crippen MR) is 72.9 cm³/mol. The third-order valence-electron chi connectivity index (χ3n) is 3.82. The summed E-state index contributed by atoms with van der Waals surface area (Å²) in [7, 11) is 0. The van der Waals surface area contributed by atoms with E-state index < -0.39 is 0 Å². The minimum Gasteiger partial charge on any atom is -0.353 e. The van der Waals surface area contributed by atoms with Crippen LogP contribution in [0.2, 0.25) is 0 Å². The van der Waals surface area contributed by atoms with Gasteiger partial charge in [0, 0.05) is 12.5 Å². The molecule has 2 nitrogen and oxygen atoms in total. The first-order valence-electron chi connectivity index (χ1n) is 7.51. The average Bonchev–Trinajstić information content (AvgIpc) is 2.69. The highest BCUT2D eigenvalue weighted by Gasteiger charge is 2.22. The van der Waals surface area contributed by atoms with Gasteiger partial charge in [-0.2, -0.15) is 0 Å². The van der Waals surface area contributed by atoms with Gasteiger partial charge in [0.1, 0.15) is 0 Å². The van der Waals surface area contributed by atoms with Gasteiger partial charge in [-0.15, -0.1) is 0 Å². The van der Waals surface area contributed by atoms with Crippen LogP contribution in [0.25, 0.3) is 0 Å². The number of rotatable bonds is 8. The molecule has 17 heavy (non-hydrogen) atoms. The standard InChI is InChI=1S/C15H29NO/c1-3-4-5-6-7-8-9-15(17)16-14-11-10-13(2)12-14/h13-14H,3-12H2,1-2H3,(H,16,17). The lowest BCUT2D eigenvalue weighted by Gasteiger charge is -2.12. The monoisotopic (exact) mass is 239 g/mol. The van der Waals surface area contributed by atoms with Gasteiger partial charge in [0.25, 0.3) is 0 Å². The zero-order valence-electron chi connectivity index (χ0n) is 11.6. The van der Waals surface area contributed by atoms with E-state index in [0.717, 1.165) is 18.8 Å². The fourth-order valence-electron chi connectivity index (χ4n) is 2.70. The normalized spacial score (nSPS) is 23.9. The van der Waals surface area contributed by atoms with Crippen molar-refractivity contribution in [2.75, 3.05) is 0 Å². The van der Waals surface area contributed by atoms with Gasteiger partial charge in [0.15, 0.2) is 0 Å². The van der Waals surface area contributed by atoms with E-state index in [1.54, 1.807) is 0 Å². The molecule has 0 aromatic heterocycles. The van der Waals surface area contributed by atoms with E-state index in [-0.39, 0.29) is 5.91 Å². The summed E-state index contributed by atoms with van der Waals surface area (Å²) >= 11 is 0. The Balaban J connectivity index is 1.94. The fourth-order valence-corrected chi connectivity index (χ4v) is 2.70. The number of carbonyl (C=O) groups is 1. The van der Waals surface area contributed by atoms with Gasteiger partial charge in [-0.25, -0.2) is 0 Å². The quantitative estimate of drug-likeness (QED) is 0.636. The summed E-state index contributed by atoms with van der Waals surface area (Å²) in [5, 5.41) is 3.17. The largest absolute Gasteiger partial charge is 0.353 e. The van der Waals surface area contributed by atoms with Crippen molar-refractivity contribution >= 4 is 5.91 Å². The maximum atomic E-state index is 11.7.